The van der Waals surface area contributed by atoms with E-state index in [1.807, 2.05) is 25.1 Å². The molecule has 2 aromatic rings. The smallest absolute Gasteiger partial charge is 0.227 e. The quantitative estimate of drug-likeness (QED) is 0.908. The summed E-state index contributed by atoms with van der Waals surface area (Å²) in [4.78, 5) is 12.8. The molecule has 2 aromatic carbocycles. The van der Waals surface area contributed by atoms with E-state index in [0.717, 1.165) is 17.5 Å². The number of carbonyl (C=O) groups is 1. The maximum atomic E-state index is 13.1. The summed E-state index contributed by atoms with van der Waals surface area (Å²) >= 11 is 0. The number of hydrogen-bond donors (Lipinski definition) is 1. The first-order valence-electron chi connectivity index (χ1n) is 8.30. The Labute approximate surface area is 141 Å². The minimum absolute atomic E-state index is 0.0380. The molecule has 0 saturated heterocycles. The van der Waals surface area contributed by atoms with Crippen molar-refractivity contribution in [3.63, 3.8) is 0 Å². The van der Waals surface area contributed by atoms with Crippen LogP contribution in [0.2, 0.25) is 0 Å². The predicted molar refractivity (Wildman–Crippen MR) is 91.3 cm³/mol. The zero-order valence-corrected chi connectivity index (χ0v) is 14.0. The average Bonchev–Trinajstić information content (AvgIpc) is 2.94. The maximum absolute atomic E-state index is 13.1. The second kappa shape index (κ2) is 7.14. The van der Waals surface area contributed by atoms with Crippen molar-refractivity contribution < 1.29 is 13.9 Å². The van der Waals surface area contributed by atoms with Crippen molar-refractivity contribution >= 4 is 5.91 Å². The summed E-state index contributed by atoms with van der Waals surface area (Å²) in [6.07, 6.45) is 1.30. The first kappa shape index (κ1) is 16.7. The van der Waals surface area contributed by atoms with Gasteiger partial charge in [-0.1, -0.05) is 43.3 Å². The number of rotatable bonds is 5. The van der Waals surface area contributed by atoms with Crippen LogP contribution in [-0.4, -0.2) is 19.1 Å². The number of nitrogens with one attached hydrogen (secondary N) is 1. The maximum Gasteiger partial charge on any atom is 0.227 e. The molecule has 4 heteroatoms. The molecule has 0 spiro atoms. The molecule has 24 heavy (non-hydrogen) atoms. The Kier molecular flexibility index (Phi) is 4.95. The highest BCUT2D eigenvalue weighted by molar-refractivity contribution is 5.84. The van der Waals surface area contributed by atoms with Gasteiger partial charge in [-0.15, -0.1) is 0 Å². The third-order valence-electron chi connectivity index (χ3n) is 4.75. The number of carbonyl (C=O) groups excluding carboxylic acids is 1. The Balaban J connectivity index is 1.75. The highest BCUT2D eigenvalue weighted by atomic mass is 19.1. The lowest BCUT2D eigenvalue weighted by atomic mass is 9.95. The molecule has 3 nitrogen and oxygen atoms in total. The summed E-state index contributed by atoms with van der Waals surface area (Å²) < 4.78 is 18.7. The lowest BCUT2D eigenvalue weighted by molar-refractivity contribution is -0.124. The fourth-order valence-corrected chi connectivity index (χ4v) is 3.53. The molecule has 1 aliphatic carbocycles. The van der Waals surface area contributed by atoms with Gasteiger partial charge < -0.3 is 10.1 Å². The van der Waals surface area contributed by atoms with Gasteiger partial charge in [-0.25, -0.2) is 4.39 Å². The Hall–Kier alpha value is -2.20. The van der Waals surface area contributed by atoms with Crippen LogP contribution in [0.1, 0.15) is 42.1 Å². The molecule has 0 fully saturated rings. The second-order valence-corrected chi connectivity index (χ2v) is 6.19. The minimum atomic E-state index is -0.292. The standard InChI is InChI=1S/C20H22FNO2/c1-3-16(13-8-10-15(21)11-9-13)20(23)22-18-12-14-6-4-5-7-17(14)19(18)24-2/h4-11,16,18-19H,3,12H2,1-2H3,(H,22,23)/t16-,18?,19?/m0/s1. The number of hydrogen-bond acceptors (Lipinski definition) is 2. The van der Waals surface area contributed by atoms with Gasteiger partial charge in [0.05, 0.1) is 12.0 Å². The van der Waals surface area contributed by atoms with Gasteiger partial charge in [0, 0.05) is 7.11 Å². The molecule has 3 atom stereocenters. The van der Waals surface area contributed by atoms with Crippen LogP contribution >= 0.6 is 0 Å². The van der Waals surface area contributed by atoms with E-state index in [0.29, 0.717) is 6.42 Å². The lowest BCUT2D eigenvalue weighted by Gasteiger charge is -2.23. The first-order chi connectivity index (χ1) is 11.6. The second-order valence-electron chi connectivity index (χ2n) is 6.19. The molecule has 1 amide bonds. The van der Waals surface area contributed by atoms with Crippen molar-refractivity contribution in [2.24, 2.45) is 0 Å². The van der Waals surface area contributed by atoms with Gasteiger partial charge in [-0.05, 0) is 41.7 Å². The molecular weight excluding hydrogens is 305 g/mol. The zero-order valence-electron chi connectivity index (χ0n) is 14.0. The van der Waals surface area contributed by atoms with Gasteiger partial charge in [0.1, 0.15) is 11.9 Å². The van der Waals surface area contributed by atoms with E-state index in [2.05, 4.69) is 11.4 Å². The number of halogens is 1. The van der Waals surface area contributed by atoms with Crippen LogP contribution in [0.15, 0.2) is 48.5 Å². The highest BCUT2D eigenvalue weighted by Gasteiger charge is 2.34. The molecule has 1 aliphatic rings. The van der Waals surface area contributed by atoms with E-state index in [1.165, 1.54) is 17.7 Å². The molecular formula is C20H22FNO2. The largest absolute Gasteiger partial charge is 0.375 e. The highest BCUT2D eigenvalue weighted by Crippen LogP contribution is 2.34. The van der Waals surface area contributed by atoms with Gasteiger partial charge in [0.15, 0.2) is 0 Å². The van der Waals surface area contributed by atoms with Crippen LogP contribution in [0, 0.1) is 5.82 Å². The average molecular weight is 327 g/mol. The molecule has 0 aliphatic heterocycles. The Morgan fingerprint density at radius 1 is 1.25 bits per heavy atom. The van der Waals surface area contributed by atoms with Crippen LogP contribution < -0.4 is 5.32 Å². The van der Waals surface area contributed by atoms with Crippen molar-refractivity contribution in [1.29, 1.82) is 0 Å². The van der Waals surface area contributed by atoms with E-state index >= 15 is 0 Å². The SMILES string of the molecule is CC[C@H](C(=O)NC1Cc2ccccc2C1OC)c1ccc(F)cc1. The number of ether oxygens (including phenoxy) is 1. The molecule has 0 heterocycles. The fraction of sp³-hybridized carbons (Fsp3) is 0.350. The van der Waals surface area contributed by atoms with E-state index in [1.54, 1.807) is 19.2 Å². The zero-order chi connectivity index (χ0) is 17.1. The third-order valence-corrected chi connectivity index (χ3v) is 4.75. The van der Waals surface area contributed by atoms with Crippen LogP contribution in [0.4, 0.5) is 4.39 Å². The van der Waals surface area contributed by atoms with Crippen LogP contribution in [0.5, 0.6) is 0 Å². The van der Waals surface area contributed by atoms with Gasteiger partial charge in [0.25, 0.3) is 0 Å². The number of benzene rings is 2. The Morgan fingerprint density at radius 3 is 2.62 bits per heavy atom. The van der Waals surface area contributed by atoms with E-state index in [-0.39, 0.29) is 29.8 Å². The van der Waals surface area contributed by atoms with Gasteiger partial charge in [-0.3, -0.25) is 4.79 Å². The number of fused-ring (bicyclic) bond motifs is 1. The number of amides is 1. The van der Waals surface area contributed by atoms with Crippen LogP contribution in [-0.2, 0) is 16.0 Å². The van der Waals surface area contributed by atoms with E-state index < -0.39 is 0 Å². The van der Waals surface area contributed by atoms with Crippen molar-refractivity contribution in [2.75, 3.05) is 7.11 Å². The molecule has 0 bridgehead atoms. The summed E-state index contributed by atoms with van der Waals surface area (Å²) in [7, 11) is 1.67. The monoisotopic (exact) mass is 327 g/mol. The van der Waals surface area contributed by atoms with Gasteiger partial charge in [-0.2, -0.15) is 0 Å². The summed E-state index contributed by atoms with van der Waals surface area (Å²) in [5.74, 6) is -0.615. The molecule has 126 valence electrons. The summed E-state index contributed by atoms with van der Waals surface area (Å²) in [5, 5.41) is 3.13. The van der Waals surface area contributed by atoms with Crippen LogP contribution in [0.3, 0.4) is 0 Å². The van der Waals surface area contributed by atoms with Crippen molar-refractivity contribution in [3.8, 4) is 0 Å². The molecule has 3 rings (SSSR count). The molecule has 0 saturated carbocycles. The van der Waals surface area contributed by atoms with Crippen molar-refractivity contribution in [3.05, 3.63) is 71.0 Å². The fourth-order valence-electron chi connectivity index (χ4n) is 3.53. The Bertz CT molecular complexity index is 714. The lowest BCUT2D eigenvalue weighted by Crippen LogP contribution is -2.41. The van der Waals surface area contributed by atoms with Crippen LogP contribution in [0.25, 0.3) is 0 Å². The van der Waals surface area contributed by atoms with Crippen molar-refractivity contribution in [1.82, 2.24) is 5.32 Å². The van der Waals surface area contributed by atoms with Gasteiger partial charge in [0.2, 0.25) is 5.91 Å². The Morgan fingerprint density at radius 2 is 1.96 bits per heavy atom. The van der Waals surface area contributed by atoms with Crippen molar-refractivity contribution in [2.45, 2.75) is 37.8 Å². The van der Waals surface area contributed by atoms with E-state index in [4.69, 9.17) is 4.74 Å². The predicted octanol–water partition coefficient (Wildman–Crippen LogP) is 3.75. The number of methoxy groups -OCH3 is 1. The normalized spacial score (nSPS) is 20.5. The minimum Gasteiger partial charge on any atom is -0.375 e. The third kappa shape index (κ3) is 3.20. The topological polar surface area (TPSA) is 38.3 Å². The molecule has 1 N–H and O–H groups in total. The van der Waals surface area contributed by atoms with E-state index in [9.17, 15) is 9.18 Å². The summed E-state index contributed by atoms with van der Waals surface area (Å²) in [6, 6.07) is 14.2. The molecule has 2 unspecified atom stereocenters. The first-order valence-corrected chi connectivity index (χ1v) is 8.30. The molecule has 0 radical (unpaired) electrons. The summed E-state index contributed by atoms with van der Waals surface area (Å²) in [6.45, 7) is 1.96. The molecule has 0 aromatic heterocycles. The summed E-state index contributed by atoms with van der Waals surface area (Å²) in [5.41, 5.74) is 3.19. The van der Waals surface area contributed by atoms with Gasteiger partial charge >= 0.3 is 0 Å².